The van der Waals surface area contributed by atoms with E-state index in [-0.39, 0.29) is 17.6 Å². The van der Waals surface area contributed by atoms with Crippen LogP contribution in [-0.4, -0.2) is 32.2 Å². The largest absolute Gasteiger partial charge is 0.274 e. The minimum absolute atomic E-state index is 0.128. The second kappa shape index (κ2) is 6.25. The van der Waals surface area contributed by atoms with Crippen LogP contribution in [0.25, 0.3) is 16.6 Å². The third-order valence-corrected chi connectivity index (χ3v) is 4.17. The second-order valence-corrected chi connectivity index (χ2v) is 5.99. The van der Waals surface area contributed by atoms with Crippen LogP contribution >= 0.6 is 11.8 Å². The van der Waals surface area contributed by atoms with Gasteiger partial charge in [-0.25, -0.2) is 0 Å². The highest BCUT2D eigenvalue weighted by Gasteiger charge is 2.13. The molecular weight excluding hydrogens is 314 g/mol. The predicted octanol–water partition coefficient (Wildman–Crippen LogP) is 1.45. The number of hydrogen-bond acceptors (Lipinski definition) is 5. The Balaban J connectivity index is 1.90. The molecule has 2 heterocycles. The number of carbonyl (C=O) groups excluding carboxylic acids is 2. The molecule has 3 rings (SSSR count). The number of aryl methyl sites for hydroxylation is 1. The summed E-state index contributed by atoms with van der Waals surface area (Å²) in [4.78, 5) is 22.5. The molecule has 0 bridgehead atoms. The van der Waals surface area contributed by atoms with Gasteiger partial charge in [-0.3, -0.25) is 24.8 Å². The van der Waals surface area contributed by atoms with Gasteiger partial charge in [0.25, 0.3) is 0 Å². The maximum Gasteiger partial charge on any atom is 0.248 e. The van der Waals surface area contributed by atoms with E-state index in [2.05, 4.69) is 27.1 Å². The van der Waals surface area contributed by atoms with Gasteiger partial charge in [-0.1, -0.05) is 30.0 Å². The van der Waals surface area contributed by atoms with Crippen LogP contribution in [0.15, 0.2) is 35.5 Å². The highest BCUT2D eigenvalue weighted by molar-refractivity contribution is 7.99. The predicted molar refractivity (Wildman–Crippen MR) is 87.9 cm³/mol. The van der Waals surface area contributed by atoms with Crippen LogP contribution in [0, 0.1) is 6.92 Å². The van der Waals surface area contributed by atoms with Crippen LogP contribution in [0.4, 0.5) is 0 Å². The molecule has 0 saturated heterocycles. The number of hydrogen-bond donors (Lipinski definition) is 2. The van der Waals surface area contributed by atoms with Crippen molar-refractivity contribution in [1.82, 2.24) is 25.4 Å². The van der Waals surface area contributed by atoms with Gasteiger partial charge in [0, 0.05) is 6.92 Å². The van der Waals surface area contributed by atoms with E-state index in [9.17, 15) is 9.59 Å². The van der Waals surface area contributed by atoms with Crippen molar-refractivity contribution in [2.45, 2.75) is 19.0 Å². The third-order valence-electron chi connectivity index (χ3n) is 3.25. The molecule has 0 unspecified atom stereocenters. The van der Waals surface area contributed by atoms with Crippen LogP contribution < -0.4 is 10.9 Å². The molecular formula is C15H15N5O2S. The first-order valence-electron chi connectivity index (χ1n) is 6.98. The number of carbonyl (C=O) groups is 2. The lowest BCUT2D eigenvalue weighted by Gasteiger charge is -2.07. The molecule has 2 amide bonds. The van der Waals surface area contributed by atoms with Crippen LogP contribution in [0.5, 0.6) is 0 Å². The maximum atomic E-state index is 11.7. The van der Waals surface area contributed by atoms with Crippen LogP contribution in [0.1, 0.15) is 12.5 Å². The Labute approximate surface area is 136 Å². The number of rotatable bonds is 3. The molecule has 0 saturated carbocycles. The van der Waals surface area contributed by atoms with Crippen LogP contribution in [-0.2, 0) is 9.59 Å². The number of aromatic nitrogens is 3. The van der Waals surface area contributed by atoms with Crippen LogP contribution in [0.2, 0.25) is 0 Å². The van der Waals surface area contributed by atoms with Gasteiger partial charge < -0.3 is 0 Å². The first-order chi connectivity index (χ1) is 11.1. The normalized spacial score (nSPS) is 10.9. The van der Waals surface area contributed by atoms with Crippen molar-refractivity contribution in [3.05, 3.63) is 35.9 Å². The van der Waals surface area contributed by atoms with Gasteiger partial charge in [0.1, 0.15) is 0 Å². The summed E-state index contributed by atoms with van der Waals surface area (Å²) in [6.45, 7) is 3.31. The third kappa shape index (κ3) is 3.11. The number of thioether (sulfide) groups is 1. The molecule has 118 valence electrons. The minimum Gasteiger partial charge on any atom is -0.274 e. The van der Waals surface area contributed by atoms with E-state index in [4.69, 9.17) is 0 Å². The summed E-state index contributed by atoms with van der Waals surface area (Å²) < 4.78 is 1.95. The molecule has 0 aliphatic rings. The minimum atomic E-state index is -0.321. The van der Waals surface area contributed by atoms with Gasteiger partial charge >= 0.3 is 0 Å². The van der Waals surface area contributed by atoms with E-state index < -0.39 is 0 Å². The van der Waals surface area contributed by atoms with Gasteiger partial charge in [-0.15, -0.1) is 10.2 Å². The van der Waals surface area contributed by atoms with Crippen molar-refractivity contribution in [2.24, 2.45) is 0 Å². The molecule has 0 radical (unpaired) electrons. The quantitative estimate of drug-likeness (QED) is 0.561. The first-order valence-corrected chi connectivity index (χ1v) is 7.96. The van der Waals surface area contributed by atoms with Crippen molar-refractivity contribution in [3.63, 3.8) is 0 Å². The molecule has 0 atom stereocenters. The number of nitrogens with one attached hydrogen (secondary N) is 2. The highest BCUT2D eigenvalue weighted by Crippen LogP contribution is 2.25. The topological polar surface area (TPSA) is 88.4 Å². The van der Waals surface area contributed by atoms with Gasteiger partial charge in [0.05, 0.1) is 11.3 Å². The lowest BCUT2D eigenvalue weighted by molar-refractivity contribution is -0.126. The van der Waals surface area contributed by atoms with Crippen molar-refractivity contribution in [3.8, 4) is 0 Å². The van der Waals surface area contributed by atoms with E-state index in [1.54, 1.807) is 0 Å². The smallest absolute Gasteiger partial charge is 0.248 e. The van der Waals surface area contributed by atoms with E-state index >= 15 is 0 Å². The maximum absolute atomic E-state index is 11.7. The monoisotopic (exact) mass is 329 g/mol. The number of fused-ring (bicyclic) bond motifs is 3. The fraction of sp³-hybridized carbons (Fsp3) is 0.200. The number of hydrazine groups is 1. The summed E-state index contributed by atoms with van der Waals surface area (Å²) in [5, 5.41) is 10.1. The summed E-state index contributed by atoms with van der Waals surface area (Å²) in [5.41, 5.74) is 7.36. The fourth-order valence-electron chi connectivity index (χ4n) is 2.27. The Kier molecular flexibility index (Phi) is 4.16. The molecule has 2 aromatic heterocycles. The number of para-hydroxylation sites is 1. The Hall–Kier alpha value is -2.61. The lowest BCUT2D eigenvalue weighted by atomic mass is 10.1. The average Bonchev–Trinajstić information content (AvgIpc) is 2.96. The van der Waals surface area contributed by atoms with Crippen molar-refractivity contribution < 1.29 is 9.59 Å². The summed E-state index contributed by atoms with van der Waals surface area (Å²) in [6, 6.07) is 10.0. The van der Waals surface area contributed by atoms with Crippen molar-refractivity contribution >= 4 is 40.1 Å². The SMILES string of the molecule is CC(=O)NNC(=O)CSc1nnc2c(C)cc3ccccc3n12. The molecule has 3 aromatic rings. The van der Waals surface area contributed by atoms with Gasteiger partial charge in [0.15, 0.2) is 10.8 Å². The van der Waals surface area contributed by atoms with Gasteiger partial charge in [-0.2, -0.15) is 0 Å². The Morgan fingerprint density at radius 2 is 2.00 bits per heavy atom. The molecule has 0 aliphatic heterocycles. The van der Waals surface area contributed by atoms with Crippen molar-refractivity contribution in [2.75, 3.05) is 5.75 Å². The van der Waals surface area contributed by atoms with Crippen LogP contribution in [0.3, 0.4) is 0 Å². The standard InChI is InChI=1S/C15H15N5O2S/c1-9-7-11-5-3-4-6-12(11)20-14(9)18-19-15(20)23-8-13(22)17-16-10(2)21/h3-7H,8H2,1-2H3,(H,16,21)(H,17,22). The van der Waals surface area contributed by atoms with E-state index in [1.807, 2.05) is 35.6 Å². The first kappa shape index (κ1) is 15.3. The molecule has 2 N–H and O–H groups in total. The van der Waals surface area contributed by atoms with Gasteiger partial charge in [0.2, 0.25) is 11.8 Å². The van der Waals surface area contributed by atoms with E-state index in [0.717, 1.165) is 22.1 Å². The molecule has 7 nitrogen and oxygen atoms in total. The second-order valence-electron chi connectivity index (χ2n) is 5.05. The Morgan fingerprint density at radius 3 is 2.78 bits per heavy atom. The Morgan fingerprint density at radius 1 is 1.22 bits per heavy atom. The summed E-state index contributed by atoms with van der Waals surface area (Å²) in [7, 11) is 0. The fourth-order valence-corrected chi connectivity index (χ4v) is 3.02. The molecule has 0 fully saturated rings. The van der Waals surface area contributed by atoms with E-state index in [0.29, 0.717) is 5.16 Å². The Bertz CT molecular complexity index is 905. The lowest BCUT2D eigenvalue weighted by Crippen LogP contribution is -2.41. The molecule has 0 aliphatic carbocycles. The summed E-state index contributed by atoms with van der Waals surface area (Å²) >= 11 is 1.27. The molecule has 8 heteroatoms. The van der Waals surface area contributed by atoms with Crippen molar-refractivity contribution in [1.29, 1.82) is 0 Å². The molecule has 23 heavy (non-hydrogen) atoms. The average molecular weight is 329 g/mol. The number of pyridine rings is 1. The number of benzene rings is 1. The zero-order chi connectivity index (χ0) is 16.4. The zero-order valence-electron chi connectivity index (χ0n) is 12.7. The summed E-state index contributed by atoms with van der Waals surface area (Å²) in [5.74, 6) is -0.500. The highest BCUT2D eigenvalue weighted by atomic mass is 32.2. The summed E-state index contributed by atoms with van der Waals surface area (Å²) in [6.07, 6.45) is 0. The number of amides is 2. The molecule has 0 spiro atoms. The van der Waals surface area contributed by atoms with Gasteiger partial charge in [-0.05, 0) is 30.0 Å². The van der Waals surface area contributed by atoms with E-state index in [1.165, 1.54) is 18.7 Å². The number of nitrogens with zero attached hydrogens (tertiary/aromatic N) is 3. The zero-order valence-corrected chi connectivity index (χ0v) is 13.5. The molecule has 1 aromatic carbocycles.